The summed E-state index contributed by atoms with van der Waals surface area (Å²) in [5.41, 5.74) is 0. The maximum absolute atomic E-state index is 10.7. The molecule has 3 N–H and O–H groups in total. The zero-order valence-corrected chi connectivity index (χ0v) is 10.2. The Balaban J connectivity index is 0.000000360. The number of aliphatic carboxylic acids is 1. The van der Waals surface area contributed by atoms with Crippen LogP contribution in [0.4, 0.5) is 13.2 Å². The molecular formula is C7H13F3N2O5S. The van der Waals surface area contributed by atoms with E-state index in [1.807, 2.05) is 0 Å². The van der Waals surface area contributed by atoms with Crippen molar-refractivity contribution in [2.24, 2.45) is 5.14 Å². The molecule has 0 saturated carbocycles. The average Bonchev–Trinajstić information content (AvgIpc) is 2.64. The fourth-order valence-corrected chi connectivity index (χ4v) is 1.86. The molecule has 0 bridgehead atoms. The predicted molar refractivity (Wildman–Crippen MR) is 53.8 cm³/mol. The summed E-state index contributed by atoms with van der Waals surface area (Å²) < 4.78 is 59.4. The fourth-order valence-electron chi connectivity index (χ4n) is 1.12. The van der Waals surface area contributed by atoms with E-state index in [1.165, 1.54) is 4.31 Å². The number of hydrogen-bond acceptors (Lipinski definition) is 4. The number of carboxylic acids is 1. The molecule has 0 aromatic rings. The molecule has 0 radical (unpaired) electrons. The molecule has 1 heterocycles. The number of ether oxygens (including phenoxy) is 1. The highest BCUT2D eigenvalue weighted by Gasteiger charge is 2.38. The summed E-state index contributed by atoms with van der Waals surface area (Å²) in [5.74, 6) is -2.76. The van der Waals surface area contributed by atoms with Gasteiger partial charge in [-0.25, -0.2) is 9.93 Å². The second-order valence-corrected chi connectivity index (χ2v) is 4.90. The number of nitrogens with zero attached hydrogens (tertiary/aromatic N) is 1. The van der Waals surface area contributed by atoms with Crippen molar-refractivity contribution in [2.75, 3.05) is 20.2 Å². The van der Waals surface area contributed by atoms with Crippen LogP contribution in [0.25, 0.3) is 0 Å². The van der Waals surface area contributed by atoms with E-state index in [-0.39, 0.29) is 6.10 Å². The molecule has 108 valence electrons. The Kier molecular flexibility index (Phi) is 5.99. The number of nitrogens with two attached hydrogens (primary N) is 1. The minimum absolute atomic E-state index is 0.00771. The van der Waals surface area contributed by atoms with Gasteiger partial charge in [0.15, 0.2) is 0 Å². The minimum atomic E-state index is -5.08. The van der Waals surface area contributed by atoms with Crippen LogP contribution in [0.5, 0.6) is 0 Å². The maximum Gasteiger partial charge on any atom is 0.490 e. The zero-order valence-electron chi connectivity index (χ0n) is 9.35. The Morgan fingerprint density at radius 2 is 1.94 bits per heavy atom. The summed E-state index contributed by atoms with van der Waals surface area (Å²) in [5, 5.41) is 12.0. The number of carboxylic acid groups (broad SMARTS) is 1. The number of carbonyl (C=O) groups is 1. The Morgan fingerprint density at radius 3 is 2.11 bits per heavy atom. The average molecular weight is 294 g/mol. The van der Waals surface area contributed by atoms with Crippen LogP contribution in [-0.2, 0) is 19.7 Å². The van der Waals surface area contributed by atoms with Crippen LogP contribution in [0.15, 0.2) is 0 Å². The molecule has 11 heteroatoms. The van der Waals surface area contributed by atoms with Crippen molar-refractivity contribution in [1.29, 1.82) is 0 Å². The molecule has 0 amide bonds. The molecule has 1 saturated heterocycles. The molecule has 1 fully saturated rings. The number of alkyl halides is 3. The third-order valence-corrected chi connectivity index (χ3v) is 3.09. The van der Waals surface area contributed by atoms with E-state index in [2.05, 4.69) is 0 Å². The van der Waals surface area contributed by atoms with Crippen LogP contribution < -0.4 is 5.14 Å². The molecule has 1 aliphatic rings. The second-order valence-electron chi connectivity index (χ2n) is 3.35. The van der Waals surface area contributed by atoms with Crippen molar-refractivity contribution < 1.29 is 36.2 Å². The second kappa shape index (κ2) is 6.31. The quantitative estimate of drug-likeness (QED) is 0.716. The van der Waals surface area contributed by atoms with Crippen LogP contribution >= 0.6 is 0 Å². The number of methoxy groups -OCH3 is 1. The van der Waals surface area contributed by atoms with Crippen molar-refractivity contribution >= 4 is 16.2 Å². The normalized spacial score (nSPS) is 21.3. The van der Waals surface area contributed by atoms with Gasteiger partial charge in [0.25, 0.3) is 10.2 Å². The summed E-state index contributed by atoms with van der Waals surface area (Å²) in [6, 6.07) is 0. The topological polar surface area (TPSA) is 110 Å². The van der Waals surface area contributed by atoms with E-state index in [4.69, 9.17) is 19.8 Å². The Labute approximate surface area is 101 Å². The van der Waals surface area contributed by atoms with Crippen LogP contribution in [0.3, 0.4) is 0 Å². The van der Waals surface area contributed by atoms with E-state index in [0.29, 0.717) is 13.1 Å². The molecule has 18 heavy (non-hydrogen) atoms. The Hall–Kier alpha value is -0.910. The van der Waals surface area contributed by atoms with Gasteiger partial charge in [-0.05, 0) is 6.42 Å². The van der Waals surface area contributed by atoms with Crippen molar-refractivity contribution in [3.8, 4) is 0 Å². The van der Waals surface area contributed by atoms with Gasteiger partial charge in [0.2, 0.25) is 0 Å². The third-order valence-electron chi connectivity index (χ3n) is 2.04. The Morgan fingerprint density at radius 1 is 1.50 bits per heavy atom. The smallest absolute Gasteiger partial charge is 0.475 e. The minimum Gasteiger partial charge on any atom is -0.475 e. The van der Waals surface area contributed by atoms with Crippen molar-refractivity contribution in [2.45, 2.75) is 18.7 Å². The van der Waals surface area contributed by atoms with E-state index in [0.717, 1.165) is 6.42 Å². The molecule has 0 aliphatic carbocycles. The van der Waals surface area contributed by atoms with Gasteiger partial charge in [-0.1, -0.05) is 0 Å². The van der Waals surface area contributed by atoms with Crippen LogP contribution in [0.2, 0.25) is 0 Å². The predicted octanol–water partition coefficient (Wildman–Crippen LogP) is -0.456. The Bertz CT molecular complexity index is 383. The SMILES string of the molecule is COC1CCN(S(N)(=O)=O)C1.O=C(O)C(F)(F)F. The van der Waals surface area contributed by atoms with Crippen LogP contribution in [0, 0.1) is 0 Å². The first-order valence-electron chi connectivity index (χ1n) is 4.59. The highest BCUT2D eigenvalue weighted by Crippen LogP contribution is 2.13. The van der Waals surface area contributed by atoms with Gasteiger partial charge in [0, 0.05) is 20.2 Å². The van der Waals surface area contributed by atoms with E-state index in [1.54, 1.807) is 7.11 Å². The summed E-state index contributed by atoms with van der Waals surface area (Å²) in [4.78, 5) is 8.90. The molecular weight excluding hydrogens is 281 g/mol. The molecule has 1 unspecified atom stereocenters. The molecule has 0 spiro atoms. The van der Waals surface area contributed by atoms with Crippen molar-refractivity contribution in [3.63, 3.8) is 0 Å². The van der Waals surface area contributed by atoms with Crippen molar-refractivity contribution in [1.82, 2.24) is 4.31 Å². The van der Waals surface area contributed by atoms with Crippen LogP contribution in [0.1, 0.15) is 6.42 Å². The van der Waals surface area contributed by atoms with Gasteiger partial charge >= 0.3 is 12.1 Å². The molecule has 7 nitrogen and oxygen atoms in total. The summed E-state index contributed by atoms with van der Waals surface area (Å²) in [7, 11) is -1.93. The molecule has 1 aliphatic heterocycles. The molecule has 0 aromatic carbocycles. The lowest BCUT2D eigenvalue weighted by molar-refractivity contribution is -0.192. The standard InChI is InChI=1S/C5H12N2O3S.C2HF3O2/c1-10-5-2-3-7(4-5)11(6,8)9;3-2(4,5)1(6)7/h5H,2-4H2,1H3,(H2,6,8,9);(H,6,7). The monoisotopic (exact) mass is 294 g/mol. The lowest BCUT2D eigenvalue weighted by Gasteiger charge is -2.11. The first-order valence-corrected chi connectivity index (χ1v) is 6.09. The lowest BCUT2D eigenvalue weighted by atomic mass is 10.3. The largest absolute Gasteiger partial charge is 0.490 e. The first kappa shape index (κ1) is 17.1. The fraction of sp³-hybridized carbons (Fsp3) is 0.857. The van der Waals surface area contributed by atoms with Gasteiger partial charge in [-0.3, -0.25) is 0 Å². The first-order chi connectivity index (χ1) is 7.98. The summed E-state index contributed by atoms with van der Waals surface area (Å²) >= 11 is 0. The highest BCUT2D eigenvalue weighted by molar-refractivity contribution is 7.86. The lowest BCUT2D eigenvalue weighted by Crippen LogP contribution is -2.35. The van der Waals surface area contributed by atoms with Crippen LogP contribution in [-0.4, -0.2) is 56.3 Å². The summed E-state index contributed by atoms with van der Waals surface area (Å²) in [6.07, 6.45) is -4.35. The van der Waals surface area contributed by atoms with E-state index in [9.17, 15) is 21.6 Å². The van der Waals surface area contributed by atoms with E-state index < -0.39 is 22.4 Å². The number of halogens is 3. The number of rotatable bonds is 2. The molecule has 1 rings (SSSR count). The van der Waals surface area contributed by atoms with Gasteiger partial charge in [-0.2, -0.15) is 25.9 Å². The highest BCUT2D eigenvalue weighted by atomic mass is 32.2. The molecule has 0 aromatic heterocycles. The van der Waals surface area contributed by atoms with Gasteiger partial charge < -0.3 is 9.84 Å². The maximum atomic E-state index is 10.7. The molecule has 1 atom stereocenters. The van der Waals surface area contributed by atoms with Gasteiger partial charge in [0.1, 0.15) is 0 Å². The van der Waals surface area contributed by atoms with Gasteiger partial charge in [-0.15, -0.1) is 0 Å². The van der Waals surface area contributed by atoms with Gasteiger partial charge in [0.05, 0.1) is 6.10 Å². The zero-order chi connectivity index (χ0) is 14.6. The van der Waals surface area contributed by atoms with Crippen molar-refractivity contribution in [3.05, 3.63) is 0 Å². The third kappa shape index (κ3) is 6.14. The summed E-state index contributed by atoms with van der Waals surface area (Å²) in [6.45, 7) is 0.854. The number of hydrogen-bond donors (Lipinski definition) is 2. The van der Waals surface area contributed by atoms with E-state index >= 15 is 0 Å².